The lowest BCUT2D eigenvalue weighted by atomic mass is 9.81. The summed E-state index contributed by atoms with van der Waals surface area (Å²) in [5.74, 6) is 3.18. The summed E-state index contributed by atoms with van der Waals surface area (Å²) in [5.41, 5.74) is 3.25. The van der Waals surface area contributed by atoms with Crippen molar-refractivity contribution in [3.8, 4) is 0 Å². The van der Waals surface area contributed by atoms with Gasteiger partial charge in [0.25, 0.3) is 0 Å². The fourth-order valence-corrected chi connectivity index (χ4v) is 4.63. The number of rotatable bonds is 0. The third-order valence-corrected chi connectivity index (χ3v) is 5.15. The molecule has 0 heterocycles. The van der Waals surface area contributed by atoms with Crippen molar-refractivity contribution >= 4 is 10.8 Å². The minimum absolute atomic E-state index is 0.783. The van der Waals surface area contributed by atoms with Gasteiger partial charge in [-0.2, -0.15) is 0 Å². The zero-order valence-corrected chi connectivity index (χ0v) is 9.64. The first-order valence-corrected chi connectivity index (χ1v) is 6.63. The lowest BCUT2D eigenvalue weighted by Crippen LogP contribution is -2.10. The third kappa shape index (κ3) is 0.845. The van der Waals surface area contributed by atoms with Crippen molar-refractivity contribution in [1.82, 2.24) is 0 Å². The van der Waals surface area contributed by atoms with E-state index in [0.29, 0.717) is 0 Å². The Labute approximate surface area is 101 Å². The molecule has 4 unspecified atom stereocenters. The van der Waals surface area contributed by atoms with Gasteiger partial charge in [0, 0.05) is 0 Å². The molecule has 17 heavy (non-hydrogen) atoms. The smallest absolute Gasteiger partial charge is 0.00178 e. The second-order valence-electron chi connectivity index (χ2n) is 5.79. The predicted molar refractivity (Wildman–Crippen MR) is 70.2 cm³/mol. The van der Waals surface area contributed by atoms with Gasteiger partial charge in [-0.25, -0.2) is 0 Å². The van der Waals surface area contributed by atoms with Gasteiger partial charge in [-0.3, -0.25) is 0 Å². The molecule has 0 aromatic heterocycles. The minimum Gasteiger partial charge on any atom is -0.0845 e. The molecule has 0 heteroatoms. The molecule has 2 aromatic carbocycles. The highest BCUT2D eigenvalue weighted by atomic mass is 14.5. The Morgan fingerprint density at radius 3 is 1.94 bits per heavy atom. The molecule has 1 saturated carbocycles. The number of allylic oxidation sites excluding steroid dienone is 2. The van der Waals surface area contributed by atoms with Crippen LogP contribution in [0.1, 0.15) is 29.4 Å². The van der Waals surface area contributed by atoms with Crippen molar-refractivity contribution < 1.29 is 0 Å². The predicted octanol–water partition coefficient (Wildman–Crippen LogP) is 4.23. The first kappa shape index (κ1) is 8.52. The second kappa shape index (κ2) is 2.64. The molecular weight excluding hydrogens is 204 g/mol. The maximum absolute atomic E-state index is 2.47. The second-order valence-corrected chi connectivity index (χ2v) is 5.79. The van der Waals surface area contributed by atoms with E-state index in [4.69, 9.17) is 0 Å². The van der Waals surface area contributed by atoms with Gasteiger partial charge in [-0.1, -0.05) is 48.6 Å². The summed E-state index contributed by atoms with van der Waals surface area (Å²) in [5, 5.41) is 3.01. The van der Waals surface area contributed by atoms with Crippen molar-refractivity contribution in [2.45, 2.75) is 18.3 Å². The van der Waals surface area contributed by atoms with E-state index < -0.39 is 0 Å². The van der Waals surface area contributed by atoms with Crippen molar-refractivity contribution in [3.63, 3.8) is 0 Å². The van der Waals surface area contributed by atoms with Gasteiger partial charge >= 0.3 is 0 Å². The Balaban J connectivity index is 1.92. The Morgan fingerprint density at radius 2 is 1.35 bits per heavy atom. The monoisotopic (exact) mass is 218 g/mol. The van der Waals surface area contributed by atoms with Crippen LogP contribution in [-0.2, 0) is 0 Å². The third-order valence-electron chi connectivity index (χ3n) is 5.15. The van der Waals surface area contributed by atoms with Crippen molar-refractivity contribution in [3.05, 3.63) is 59.7 Å². The molecule has 0 nitrogen and oxygen atoms in total. The first-order valence-electron chi connectivity index (χ1n) is 6.63. The molecule has 0 N–H and O–H groups in total. The van der Waals surface area contributed by atoms with Gasteiger partial charge in [0.05, 0.1) is 0 Å². The molecule has 5 rings (SSSR count). The van der Waals surface area contributed by atoms with Crippen LogP contribution in [0.4, 0.5) is 0 Å². The van der Waals surface area contributed by atoms with Crippen LogP contribution in [0, 0.1) is 11.8 Å². The highest BCUT2D eigenvalue weighted by molar-refractivity contribution is 5.92. The SMILES string of the molecule is C1=CC2CC1C1c3cccc4cccc(c34)C21. The van der Waals surface area contributed by atoms with Gasteiger partial charge in [0.15, 0.2) is 0 Å². The molecule has 0 spiro atoms. The van der Waals surface area contributed by atoms with E-state index in [2.05, 4.69) is 48.6 Å². The van der Waals surface area contributed by atoms with Crippen molar-refractivity contribution in [2.24, 2.45) is 11.8 Å². The molecule has 3 aliphatic rings. The van der Waals surface area contributed by atoms with E-state index >= 15 is 0 Å². The van der Waals surface area contributed by atoms with E-state index in [-0.39, 0.29) is 0 Å². The standard InChI is InChI=1S/C17H14/c1-3-10-4-2-6-14-15(10)13(5-1)16-11-7-8-12(9-11)17(14)16/h1-8,11-12,16-17H,9H2. The Hall–Kier alpha value is -1.56. The number of hydrogen-bond donors (Lipinski definition) is 0. The van der Waals surface area contributed by atoms with Crippen LogP contribution < -0.4 is 0 Å². The fraction of sp³-hybridized carbons (Fsp3) is 0.294. The van der Waals surface area contributed by atoms with Gasteiger partial charge in [0.2, 0.25) is 0 Å². The molecule has 0 radical (unpaired) electrons. The molecule has 1 fully saturated rings. The maximum Gasteiger partial charge on any atom is -0.00178 e. The largest absolute Gasteiger partial charge is 0.0845 e. The first-order chi connectivity index (χ1) is 8.43. The molecule has 4 atom stereocenters. The molecule has 0 aliphatic heterocycles. The molecular formula is C17H14. The van der Waals surface area contributed by atoms with E-state index in [9.17, 15) is 0 Å². The van der Waals surface area contributed by atoms with Crippen LogP contribution >= 0.6 is 0 Å². The number of fused-ring (bicyclic) bond motifs is 7. The normalized spacial score (nSPS) is 35.8. The van der Waals surface area contributed by atoms with Gasteiger partial charge < -0.3 is 0 Å². The molecule has 82 valence electrons. The van der Waals surface area contributed by atoms with Crippen LogP contribution in [-0.4, -0.2) is 0 Å². The van der Waals surface area contributed by atoms with Crippen LogP contribution in [0.15, 0.2) is 48.6 Å². The molecule has 3 aliphatic carbocycles. The molecule has 2 aromatic rings. The van der Waals surface area contributed by atoms with E-state index in [1.165, 1.54) is 11.8 Å². The Kier molecular flexibility index (Phi) is 1.32. The highest BCUT2D eigenvalue weighted by Gasteiger charge is 2.49. The van der Waals surface area contributed by atoms with E-state index in [1.54, 1.807) is 16.5 Å². The fourth-order valence-electron chi connectivity index (χ4n) is 4.63. The maximum atomic E-state index is 2.47. The number of hydrogen-bond acceptors (Lipinski definition) is 0. The summed E-state index contributed by atoms with van der Waals surface area (Å²) in [7, 11) is 0. The van der Waals surface area contributed by atoms with Crippen LogP contribution in [0.3, 0.4) is 0 Å². The van der Waals surface area contributed by atoms with Crippen molar-refractivity contribution in [2.75, 3.05) is 0 Å². The highest BCUT2D eigenvalue weighted by Crippen LogP contribution is 2.63. The topological polar surface area (TPSA) is 0 Å². The summed E-state index contributed by atoms with van der Waals surface area (Å²) in [6.45, 7) is 0. The van der Waals surface area contributed by atoms with Crippen LogP contribution in [0.2, 0.25) is 0 Å². The Bertz CT molecular complexity index is 612. The zero-order chi connectivity index (χ0) is 11.0. The quantitative estimate of drug-likeness (QED) is 0.580. The lowest BCUT2D eigenvalue weighted by molar-refractivity contribution is 0.532. The average molecular weight is 218 g/mol. The van der Waals surface area contributed by atoms with Gasteiger partial charge in [0.1, 0.15) is 0 Å². The average Bonchev–Trinajstić information content (AvgIpc) is 3.03. The van der Waals surface area contributed by atoms with Crippen molar-refractivity contribution in [1.29, 1.82) is 0 Å². The van der Waals surface area contributed by atoms with Crippen LogP contribution in [0.25, 0.3) is 10.8 Å². The van der Waals surface area contributed by atoms with Gasteiger partial charge in [-0.15, -0.1) is 0 Å². The summed E-state index contributed by atoms with van der Waals surface area (Å²) in [6.07, 6.45) is 6.33. The van der Waals surface area contributed by atoms with E-state index in [0.717, 1.165) is 23.7 Å². The molecule has 0 saturated heterocycles. The summed E-state index contributed by atoms with van der Waals surface area (Å²) in [6, 6.07) is 13.7. The summed E-state index contributed by atoms with van der Waals surface area (Å²) < 4.78 is 0. The lowest BCUT2D eigenvalue weighted by Gasteiger charge is -2.22. The minimum atomic E-state index is 0.783. The van der Waals surface area contributed by atoms with Crippen LogP contribution in [0.5, 0.6) is 0 Å². The summed E-state index contributed by atoms with van der Waals surface area (Å²) in [4.78, 5) is 0. The zero-order valence-electron chi connectivity index (χ0n) is 9.64. The Morgan fingerprint density at radius 1 is 0.765 bits per heavy atom. The van der Waals surface area contributed by atoms with E-state index in [1.807, 2.05) is 0 Å². The molecule has 2 bridgehead atoms. The molecule has 0 amide bonds. The van der Waals surface area contributed by atoms with Gasteiger partial charge in [-0.05, 0) is 52.0 Å². The number of benzene rings is 2. The summed E-state index contributed by atoms with van der Waals surface area (Å²) >= 11 is 0.